The first-order valence-electron chi connectivity index (χ1n) is 5.63. The van der Waals surface area contributed by atoms with E-state index in [-0.39, 0.29) is 5.78 Å². The first kappa shape index (κ1) is 10.8. The minimum absolute atomic E-state index is 0.163. The Morgan fingerprint density at radius 1 is 1.38 bits per heavy atom. The van der Waals surface area contributed by atoms with Gasteiger partial charge in [0.05, 0.1) is 23.5 Å². The van der Waals surface area contributed by atoms with Crippen LogP contribution in [0.2, 0.25) is 0 Å². The fourth-order valence-electron chi connectivity index (χ4n) is 1.72. The van der Waals surface area contributed by atoms with Crippen molar-refractivity contribution in [3.8, 4) is 0 Å². The Bertz CT molecular complexity index is 490. The zero-order valence-electron chi connectivity index (χ0n) is 9.39. The molecule has 0 unspecified atom stereocenters. The van der Waals surface area contributed by atoms with Gasteiger partial charge in [0.25, 0.3) is 0 Å². The molecule has 2 heterocycles. The van der Waals surface area contributed by atoms with E-state index in [1.54, 1.807) is 29.3 Å². The van der Waals surface area contributed by atoms with Crippen molar-refractivity contribution in [2.24, 2.45) is 0 Å². The van der Waals surface area contributed by atoms with Gasteiger partial charge in [-0.2, -0.15) is 5.10 Å². The number of rotatable bonds is 5. The lowest BCUT2D eigenvalue weighted by atomic mass is 10.1. The summed E-state index contributed by atoms with van der Waals surface area (Å²) in [5.41, 5.74) is 1.48. The molecule has 0 aliphatic carbocycles. The Hall–Kier alpha value is -1.71. The number of carbonyl (C=O) groups excluding carboxylic acids is 1. The lowest BCUT2D eigenvalue weighted by molar-refractivity contribution is 0.0981. The molecule has 0 fully saturated rings. The van der Waals surface area contributed by atoms with Gasteiger partial charge in [-0.25, -0.2) is 4.52 Å². The van der Waals surface area contributed by atoms with Crippen LogP contribution in [0.5, 0.6) is 0 Å². The molecule has 0 aliphatic heterocycles. The first-order chi connectivity index (χ1) is 7.83. The Balaban J connectivity index is 2.17. The predicted octanol–water partition coefficient (Wildman–Crippen LogP) is 2.49. The highest BCUT2D eigenvalue weighted by Gasteiger charge is 2.11. The molecular weight excluding hydrogens is 202 g/mol. The van der Waals surface area contributed by atoms with Gasteiger partial charge in [0.2, 0.25) is 0 Å². The minimum Gasteiger partial charge on any atom is -0.294 e. The average molecular weight is 217 g/mol. The molecule has 2 aromatic heterocycles. The van der Waals surface area contributed by atoms with Crippen LogP contribution in [0.15, 0.2) is 24.8 Å². The molecule has 0 radical (unpaired) electrons. The maximum Gasteiger partial charge on any atom is 0.166 e. The summed E-state index contributed by atoms with van der Waals surface area (Å²) in [5, 5.41) is 4.12. The van der Waals surface area contributed by atoms with Gasteiger partial charge in [0.1, 0.15) is 0 Å². The predicted molar refractivity (Wildman–Crippen MR) is 61.5 cm³/mol. The van der Waals surface area contributed by atoms with Gasteiger partial charge in [0.15, 0.2) is 5.78 Å². The van der Waals surface area contributed by atoms with Crippen molar-refractivity contribution in [3.05, 3.63) is 30.4 Å². The van der Waals surface area contributed by atoms with Crippen molar-refractivity contribution in [2.75, 3.05) is 0 Å². The number of Topliss-reactive ketones (excluding diaryl/α,β-unsaturated/α-hetero) is 1. The summed E-state index contributed by atoms with van der Waals surface area (Å²) in [5.74, 6) is 0.163. The zero-order valence-corrected chi connectivity index (χ0v) is 9.39. The summed E-state index contributed by atoms with van der Waals surface area (Å²) < 4.78 is 1.68. The molecule has 16 heavy (non-hydrogen) atoms. The molecule has 0 amide bonds. The molecule has 4 heteroatoms. The van der Waals surface area contributed by atoms with Crippen molar-refractivity contribution in [1.29, 1.82) is 0 Å². The Labute approximate surface area is 94.3 Å². The molecule has 0 aliphatic rings. The number of aromatic nitrogens is 3. The molecule has 0 spiro atoms. The number of nitrogens with zero attached hydrogens (tertiary/aromatic N) is 3. The van der Waals surface area contributed by atoms with E-state index in [0.29, 0.717) is 12.0 Å². The molecule has 2 aromatic rings. The third-order valence-corrected chi connectivity index (χ3v) is 2.63. The summed E-state index contributed by atoms with van der Waals surface area (Å²) in [4.78, 5) is 15.9. The molecule has 0 bridgehead atoms. The van der Waals surface area contributed by atoms with E-state index in [4.69, 9.17) is 0 Å². The van der Waals surface area contributed by atoms with Crippen LogP contribution in [-0.4, -0.2) is 20.4 Å². The van der Waals surface area contributed by atoms with Crippen LogP contribution in [-0.2, 0) is 0 Å². The molecule has 0 saturated carbocycles. The first-order valence-corrected chi connectivity index (χ1v) is 5.63. The SMILES string of the molecule is CCCCCC(=O)c1cnn2ccncc12. The molecule has 0 saturated heterocycles. The zero-order chi connectivity index (χ0) is 11.4. The number of unbranched alkanes of at least 4 members (excludes halogenated alkanes) is 2. The van der Waals surface area contributed by atoms with Crippen molar-refractivity contribution in [2.45, 2.75) is 32.6 Å². The summed E-state index contributed by atoms with van der Waals surface area (Å²) in [6.07, 6.45) is 10.5. The van der Waals surface area contributed by atoms with Crippen molar-refractivity contribution < 1.29 is 4.79 Å². The highest BCUT2D eigenvalue weighted by Crippen LogP contribution is 2.13. The molecule has 84 valence electrons. The van der Waals surface area contributed by atoms with E-state index in [2.05, 4.69) is 17.0 Å². The largest absolute Gasteiger partial charge is 0.294 e. The van der Waals surface area contributed by atoms with Crippen LogP contribution in [0.4, 0.5) is 0 Å². The average Bonchev–Trinajstić information content (AvgIpc) is 2.73. The topological polar surface area (TPSA) is 47.3 Å². The van der Waals surface area contributed by atoms with Gasteiger partial charge in [-0.3, -0.25) is 9.78 Å². The van der Waals surface area contributed by atoms with E-state index < -0.39 is 0 Å². The smallest absolute Gasteiger partial charge is 0.166 e. The maximum absolute atomic E-state index is 11.9. The lowest BCUT2D eigenvalue weighted by Gasteiger charge is -1.98. The Kier molecular flexibility index (Phi) is 3.29. The molecule has 0 N–H and O–H groups in total. The standard InChI is InChI=1S/C12H15N3O/c1-2-3-4-5-12(16)10-8-14-15-7-6-13-9-11(10)15/h6-9H,2-5H2,1H3. The van der Waals surface area contributed by atoms with Gasteiger partial charge in [-0.1, -0.05) is 19.8 Å². The van der Waals surface area contributed by atoms with Crippen molar-refractivity contribution >= 4 is 11.3 Å². The van der Waals surface area contributed by atoms with Gasteiger partial charge in [-0.05, 0) is 6.42 Å². The van der Waals surface area contributed by atoms with Crippen LogP contribution in [0.1, 0.15) is 43.0 Å². The van der Waals surface area contributed by atoms with Crippen LogP contribution < -0.4 is 0 Å². The normalized spacial score (nSPS) is 10.8. The van der Waals surface area contributed by atoms with Crippen LogP contribution in [0.3, 0.4) is 0 Å². The molecule has 4 nitrogen and oxygen atoms in total. The van der Waals surface area contributed by atoms with Crippen LogP contribution >= 0.6 is 0 Å². The molecular formula is C12H15N3O. The maximum atomic E-state index is 11.9. The number of fused-ring (bicyclic) bond motifs is 1. The van der Waals surface area contributed by atoms with Gasteiger partial charge in [-0.15, -0.1) is 0 Å². The number of hydrogen-bond donors (Lipinski definition) is 0. The third-order valence-electron chi connectivity index (χ3n) is 2.63. The fraction of sp³-hybridized carbons (Fsp3) is 0.417. The van der Waals surface area contributed by atoms with E-state index >= 15 is 0 Å². The summed E-state index contributed by atoms with van der Waals surface area (Å²) >= 11 is 0. The Morgan fingerprint density at radius 2 is 2.25 bits per heavy atom. The quantitative estimate of drug-likeness (QED) is 0.571. The number of hydrogen-bond acceptors (Lipinski definition) is 3. The lowest BCUT2D eigenvalue weighted by Crippen LogP contribution is -1.98. The highest BCUT2D eigenvalue weighted by atomic mass is 16.1. The van der Waals surface area contributed by atoms with E-state index in [9.17, 15) is 4.79 Å². The van der Waals surface area contributed by atoms with E-state index in [1.165, 1.54) is 0 Å². The number of carbonyl (C=O) groups is 1. The van der Waals surface area contributed by atoms with E-state index in [1.807, 2.05) is 0 Å². The summed E-state index contributed by atoms with van der Waals surface area (Å²) in [7, 11) is 0. The second kappa shape index (κ2) is 4.88. The van der Waals surface area contributed by atoms with Crippen LogP contribution in [0.25, 0.3) is 5.52 Å². The second-order valence-corrected chi connectivity index (χ2v) is 3.84. The van der Waals surface area contributed by atoms with Gasteiger partial charge < -0.3 is 0 Å². The van der Waals surface area contributed by atoms with E-state index in [0.717, 1.165) is 24.8 Å². The molecule has 2 rings (SSSR count). The minimum atomic E-state index is 0.163. The molecule has 0 aromatic carbocycles. The highest BCUT2D eigenvalue weighted by molar-refractivity contribution is 6.01. The monoisotopic (exact) mass is 217 g/mol. The second-order valence-electron chi connectivity index (χ2n) is 3.84. The summed E-state index contributed by atoms with van der Waals surface area (Å²) in [6.45, 7) is 2.13. The van der Waals surface area contributed by atoms with Gasteiger partial charge in [0, 0.05) is 18.8 Å². The van der Waals surface area contributed by atoms with Crippen molar-refractivity contribution in [1.82, 2.24) is 14.6 Å². The molecule has 0 atom stereocenters. The van der Waals surface area contributed by atoms with Crippen molar-refractivity contribution in [3.63, 3.8) is 0 Å². The third kappa shape index (κ3) is 2.10. The number of ketones is 1. The fourth-order valence-corrected chi connectivity index (χ4v) is 1.72. The van der Waals surface area contributed by atoms with Gasteiger partial charge >= 0.3 is 0 Å². The Morgan fingerprint density at radius 3 is 3.06 bits per heavy atom. The summed E-state index contributed by atoms with van der Waals surface area (Å²) in [6, 6.07) is 0. The van der Waals surface area contributed by atoms with Crippen LogP contribution in [0, 0.1) is 0 Å².